The van der Waals surface area contributed by atoms with E-state index < -0.39 is 5.82 Å². The first-order valence-electron chi connectivity index (χ1n) is 5.06. The molecule has 2 aromatic rings. The number of carbonyl (C=O) groups is 1. The monoisotopic (exact) mass is 233 g/mol. The normalized spacial score (nSPS) is 10.5. The lowest BCUT2D eigenvalue weighted by Crippen LogP contribution is -2.23. The number of nitrogens with zero attached hydrogens (tertiary/aromatic N) is 2. The number of rotatable bonds is 1. The molecule has 2 N–H and O–H groups in total. The Labute approximate surface area is 97.9 Å². The van der Waals surface area contributed by atoms with Crippen LogP contribution in [-0.4, -0.2) is 29.9 Å². The molecule has 0 spiro atoms. The van der Waals surface area contributed by atoms with Crippen LogP contribution in [0.5, 0.6) is 0 Å². The summed E-state index contributed by atoms with van der Waals surface area (Å²) in [6.45, 7) is 0. The van der Waals surface area contributed by atoms with Crippen LogP contribution in [0.2, 0.25) is 0 Å². The second-order valence-corrected chi connectivity index (χ2v) is 3.92. The van der Waals surface area contributed by atoms with Gasteiger partial charge >= 0.3 is 0 Å². The average Bonchev–Trinajstić information content (AvgIpc) is 2.32. The van der Waals surface area contributed by atoms with Crippen molar-refractivity contribution in [3.05, 3.63) is 35.9 Å². The maximum Gasteiger partial charge on any atom is 0.272 e. The first kappa shape index (κ1) is 11.3. The van der Waals surface area contributed by atoms with Gasteiger partial charge in [0.25, 0.3) is 5.91 Å². The molecule has 2 rings (SSSR count). The van der Waals surface area contributed by atoms with Crippen LogP contribution in [0.3, 0.4) is 0 Å². The van der Waals surface area contributed by atoms with Gasteiger partial charge in [-0.25, -0.2) is 4.39 Å². The molecular formula is C12H12FN3O. The lowest BCUT2D eigenvalue weighted by molar-refractivity contribution is 0.0824. The highest BCUT2D eigenvalue weighted by molar-refractivity contribution is 6.09. The molecule has 88 valence electrons. The zero-order valence-corrected chi connectivity index (χ0v) is 9.57. The third-order valence-electron chi connectivity index (χ3n) is 2.51. The quantitative estimate of drug-likeness (QED) is 0.762. The summed E-state index contributed by atoms with van der Waals surface area (Å²) in [4.78, 5) is 17.3. The van der Waals surface area contributed by atoms with Gasteiger partial charge < -0.3 is 10.6 Å². The van der Waals surface area contributed by atoms with Crippen molar-refractivity contribution in [3.8, 4) is 0 Å². The number of fused-ring (bicyclic) bond motifs is 1. The van der Waals surface area contributed by atoms with E-state index in [4.69, 9.17) is 5.73 Å². The minimum Gasteiger partial charge on any atom is -0.398 e. The van der Waals surface area contributed by atoms with Crippen LogP contribution in [0, 0.1) is 5.82 Å². The summed E-state index contributed by atoms with van der Waals surface area (Å²) < 4.78 is 13.6. The summed E-state index contributed by atoms with van der Waals surface area (Å²) in [5.74, 6) is -0.711. The first-order chi connectivity index (χ1) is 8.02. The standard InChI is InChI=1S/C12H12FN3O/c1-16(2)12(17)11-10-7(5-6-15-11)8(13)3-4-9(10)14/h3-6H,14H2,1-2H3. The fraction of sp³-hybridized carbons (Fsp3) is 0.167. The molecule has 0 atom stereocenters. The van der Waals surface area contributed by atoms with Gasteiger partial charge in [-0.15, -0.1) is 0 Å². The van der Waals surface area contributed by atoms with Gasteiger partial charge in [0.2, 0.25) is 0 Å². The van der Waals surface area contributed by atoms with Gasteiger partial charge in [-0.1, -0.05) is 0 Å². The maximum atomic E-state index is 13.6. The van der Waals surface area contributed by atoms with E-state index in [1.165, 1.54) is 29.3 Å². The summed E-state index contributed by atoms with van der Waals surface area (Å²) in [5, 5.41) is 0.677. The van der Waals surface area contributed by atoms with E-state index in [9.17, 15) is 9.18 Å². The minimum absolute atomic E-state index is 0.171. The molecule has 0 radical (unpaired) electrons. The van der Waals surface area contributed by atoms with Crippen molar-refractivity contribution in [1.82, 2.24) is 9.88 Å². The molecule has 0 saturated heterocycles. The lowest BCUT2D eigenvalue weighted by Gasteiger charge is -2.12. The van der Waals surface area contributed by atoms with E-state index >= 15 is 0 Å². The Morgan fingerprint density at radius 3 is 2.71 bits per heavy atom. The Hall–Kier alpha value is -2.17. The number of pyridine rings is 1. The molecule has 0 aliphatic heterocycles. The molecule has 0 saturated carbocycles. The number of halogens is 1. The number of aromatic nitrogens is 1. The third kappa shape index (κ3) is 1.80. The van der Waals surface area contributed by atoms with Crippen molar-refractivity contribution in [2.45, 2.75) is 0 Å². The number of hydrogen-bond acceptors (Lipinski definition) is 3. The van der Waals surface area contributed by atoms with E-state index in [0.717, 1.165) is 0 Å². The molecule has 4 nitrogen and oxygen atoms in total. The average molecular weight is 233 g/mol. The highest BCUT2D eigenvalue weighted by Gasteiger charge is 2.17. The number of nitrogens with two attached hydrogens (primary N) is 1. The summed E-state index contributed by atoms with van der Waals surface area (Å²) in [6.07, 6.45) is 1.40. The number of anilines is 1. The van der Waals surface area contributed by atoms with Gasteiger partial charge in [0.15, 0.2) is 0 Å². The van der Waals surface area contributed by atoms with Gasteiger partial charge in [-0.05, 0) is 18.2 Å². The molecule has 0 aliphatic rings. The first-order valence-corrected chi connectivity index (χ1v) is 5.06. The Morgan fingerprint density at radius 1 is 1.35 bits per heavy atom. The molecular weight excluding hydrogens is 221 g/mol. The number of carbonyl (C=O) groups excluding carboxylic acids is 1. The highest BCUT2D eigenvalue weighted by Crippen LogP contribution is 2.26. The summed E-state index contributed by atoms with van der Waals surface area (Å²) >= 11 is 0. The van der Waals surface area contributed by atoms with Crippen LogP contribution in [0.1, 0.15) is 10.5 Å². The third-order valence-corrected chi connectivity index (χ3v) is 2.51. The maximum absolute atomic E-state index is 13.6. The molecule has 0 unspecified atom stereocenters. The van der Waals surface area contributed by atoms with E-state index in [0.29, 0.717) is 16.5 Å². The Balaban J connectivity index is 2.82. The van der Waals surface area contributed by atoms with Crippen LogP contribution >= 0.6 is 0 Å². The van der Waals surface area contributed by atoms with Crippen molar-refractivity contribution in [3.63, 3.8) is 0 Å². The van der Waals surface area contributed by atoms with Crippen molar-refractivity contribution in [1.29, 1.82) is 0 Å². The molecule has 1 aromatic carbocycles. The largest absolute Gasteiger partial charge is 0.398 e. The minimum atomic E-state index is -0.413. The SMILES string of the molecule is CN(C)C(=O)c1nccc2c(F)ccc(N)c12. The Bertz CT molecular complexity index is 596. The van der Waals surface area contributed by atoms with E-state index in [1.807, 2.05) is 0 Å². The Morgan fingerprint density at radius 2 is 2.06 bits per heavy atom. The van der Waals surface area contributed by atoms with Gasteiger partial charge in [-0.2, -0.15) is 0 Å². The van der Waals surface area contributed by atoms with Gasteiger partial charge in [-0.3, -0.25) is 9.78 Å². The summed E-state index contributed by atoms with van der Waals surface area (Å²) in [5.41, 5.74) is 6.30. The van der Waals surface area contributed by atoms with Crippen LogP contribution in [-0.2, 0) is 0 Å². The van der Waals surface area contributed by atoms with Crippen LogP contribution < -0.4 is 5.73 Å². The van der Waals surface area contributed by atoms with Crippen molar-refractivity contribution >= 4 is 22.4 Å². The smallest absolute Gasteiger partial charge is 0.272 e. The predicted octanol–water partition coefficient (Wildman–Crippen LogP) is 1.66. The zero-order valence-electron chi connectivity index (χ0n) is 9.57. The number of amides is 1. The van der Waals surface area contributed by atoms with Crippen molar-refractivity contribution in [2.24, 2.45) is 0 Å². The second kappa shape index (κ2) is 4.01. The van der Waals surface area contributed by atoms with Crippen LogP contribution in [0.25, 0.3) is 10.8 Å². The number of benzene rings is 1. The fourth-order valence-corrected chi connectivity index (χ4v) is 1.66. The van der Waals surface area contributed by atoms with E-state index in [-0.39, 0.29) is 11.6 Å². The number of hydrogen-bond donors (Lipinski definition) is 1. The molecule has 17 heavy (non-hydrogen) atoms. The van der Waals surface area contributed by atoms with E-state index in [2.05, 4.69) is 4.98 Å². The molecule has 1 heterocycles. The van der Waals surface area contributed by atoms with Crippen molar-refractivity contribution < 1.29 is 9.18 Å². The number of nitrogen functional groups attached to an aromatic ring is 1. The van der Waals surface area contributed by atoms with Crippen molar-refractivity contribution in [2.75, 3.05) is 19.8 Å². The topological polar surface area (TPSA) is 59.2 Å². The summed E-state index contributed by atoms with van der Waals surface area (Å²) in [7, 11) is 3.22. The molecule has 1 aromatic heterocycles. The highest BCUT2D eigenvalue weighted by atomic mass is 19.1. The predicted molar refractivity (Wildman–Crippen MR) is 64.1 cm³/mol. The fourth-order valence-electron chi connectivity index (χ4n) is 1.66. The molecule has 0 fully saturated rings. The van der Waals surface area contributed by atoms with Gasteiger partial charge in [0, 0.05) is 36.8 Å². The van der Waals surface area contributed by atoms with Gasteiger partial charge in [0.05, 0.1) is 0 Å². The zero-order chi connectivity index (χ0) is 12.6. The van der Waals surface area contributed by atoms with Gasteiger partial charge in [0.1, 0.15) is 11.5 Å². The second-order valence-electron chi connectivity index (χ2n) is 3.92. The van der Waals surface area contributed by atoms with E-state index in [1.54, 1.807) is 14.1 Å². The molecule has 5 heteroatoms. The lowest BCUT2D eigenvalue weighted by atomic mass is 10.1. The van der Waals surface area contributed by atoms with Crippen LogP contribution in [0.4, 0.5) is 10.1 Å². The molecule has 1 amide bonds. The van der Waals surface area contributed by atoms with Crippen LogP contribution in [0.15, 0.2) is 24.4 Å². The summed E-state index contributed by atoms with van der Waals surface area (Å²) in [6, 6.07) is 4.22. The Kier molecular flexibility index (Phi) is 2.67. The molecule has 0 bridgehead atoms. The molecule has 0 aliphatic carbocycles.